The van der Waals surface area contributed by atoms with Crippen LogP contribution in [0.3, 0.4) is 0 Å². The fourth-order valence-electron chi connectivity index (χ4n) is 3.08. The Balaban J connectivity index is 1.60. The largest absolute Gasteiger partial charge is 0.350 e. The minimum atomic E-state index is 0.0395. The third kappa shape index (κ3) is 4.10. The number of hydrogen-bond donors (Lipinski definition) is 1. The number of nitrogens with one attached hydrogen (secondary N) is 1. The lowest BCUT2D eigenvalue weighted by atomic mass is 10.0. The van der Waals surface area contributed by atoms with Crippen molar-refractivity contribution in [1.29, 1.82) is 0 Å². The van der Waals surface area contributed by atoms with E-state index >= 15 is 0 Å². The van der Waals surface area contributed by atoms with Crippen LogP contribution < -0.4 is 5.32 Å². The van der Waals surface area contributed by atoms with Crippen molar-refractivity contribution in [2.45, 2.75) is 32.2 Å². The van der Waals surface area contributed by atoms with E-state index in [-0.39, 0.29) is 11.9 Å². The van der Waals surface area contributed by atoms with Crippen molar-refractivity contribution in [3.63, 3.8) is 0 Å². The van der Waals surface area contributed by atoms with Crippen molar-refractivity contribution in [1.82, 2.24) is 5.32 Å². The molecule has 2 aromatic rings. The first-order chi connectivity index (χ1) is 11.2. The van der Waals surface area contributed by atoms with Crippen molar-refractivity contribution in [3.05, 3.63) is 72.3 Å². The van der Waals surface area contributed by atoms with Crippen LogP contribution in [0.5, 0.6) is 0 Å². The maximum absolute atomic E-state index is 12.1. The number of hydrogen-bond acceptors (Lipinski definition) is 1. The average molecular weight is 305 g/mol. The monoisotopic (exact) mass is 305 g/mol. The molecule has 0 bridgehead atoms. The minimum Gasteiger partial charge on any atom is -0.350 e. The smallest absolute Gasteiger partial charge is 0.221 e. The molecule has 0 fully saturated rings. The molecule has 0 aromatic heterocycles. The van der Waals surface area contributed by atoms with Crippen LogP contribution in [-0.2, 0) is 4.79 Å². The number of carbonyl (C=O) groups excluding carboxylic acids is 1. The Morgan fingerprint density at radius 3 is 2.43 bits per heavy atom. The first-order valence-electron chi connectivity index (χ1n) is 8.34. The maximum Gasteiger partial charge on any atom is 0.221 e. The van der Waals surface area contributed by atoms with Crippen molar-refractivity contribution in [3.8, 4) is 11.1 Å². The van der Waals surface area contributed by atoms with Gasteiger partial charge in [0.25, 0.3) is 0 Å². The molecule has 1 aliphatic rings. The summed E-state index contributed by atoms with van der Waals surface area (Å²) in [5, 5.41) is 3.11. The highest BCUT2D eigenvalue weighted by Crippen LogP contribution is 2.23. The van der Waals surface area contributed by atoms with Crippen LogP contribution in [0, 0.1) is 5.92 Å². The maximum atomic E-state index is 12.1. The van der Waals surface area contributed by atoms with Gasteiger partial charge in [-0.1, -0.05) is 66.7 Å². The lowest BCUT2D eigenvalue weighted by molar-refractivity contribution is -0.122. The van der Waals surface area contributed by atoms with Gasteiger partial charge in [-0.15, -0.1) is 0 Å². The zero-order chi connectivity index (χ0) is 16.1. The summed E-state index contributed by atoms with van der Waals surface area (Å²) in [6.07, 6.45) is 7.15. The molecule has 2 atom stereocenters. The lowest BCUT2D eigenvalue weighted by Gasteiger charge is -2.16. The summed E-state index contributed by atoms with van der Waals surface area (Å²) in [6.45, 7) is 2.04. The fourth-order valence-corrected chi connectivity index (χ4v) is 3.08. The van der Waals surface area contributed by atoms with Crippen LogP contribution in [0.15, 0.2) is 66.7 Å². The average Bonchev–Trinajstić information content (AvgIpc) is 3.08. The molecule has 0 radical (unpaired) electrons. The molecule has 1 aliphatic carbocycles. The molecule has 0 heterocycles. The van der Waals surface area contributed by atoms with E-state index in [4.69, 9.17) is 0 Å². The summed E-state index contributed by atoms with van der Waals surface area (Å²) in [5.41, 5.74) is 3.55. The summed E-state index contributed by atoms with van der Waals surface area (Å²) in [4.78, 5) is 12.1. The Hall–Kier alpha value is -2.35. The SMILES string of the molecule is C[C@H](NC(=O)C[C@H]1C=CCC1)c1ccc(-c2ccccc2)cc1. The molecule has 0 aliphatic heterocycles. The second-order valence-corrected chi connectivity index (χ2v) is 6.25. The van der Waals surface area contributed by atoms with E-state index in [1.807, 2.05) is 25.1 Å². The van der Waals surface area contributed by atoms with E-state index < -0.39 is 0 Å². The van der Waals surface area contributed by atoms with Gasteiger partial charge in [0.1, 0.15) is 0 Å². The van der Waals surface area contributed by atoms with E-state index in [1.165, 1.54) is 11.1 Å². The first-order valence-corrected chi connectivity index (χ1v) is 8.34. The molecule has 2 aromatic carbocycles. The van der Waals surface area contributed by atoms with Crippen molar-refractivity contribution in [2.24, 2.45) is 5.92 Å². The molecular weight excluding hydrogens is 282 g/mol. The second kappa shape index (κ2) is 7.28. The van der Waals surface area contributed by atoms with E-state index in [2.05, 4.69) is 53.9 Å². The zero-order valence-electron chi connectivity index (χ0n) is 13.5. The summed E-state index contributed by atoms with van der Waals surface area (Å²) >= 11 is 0. The van der Waals surface area contributed by atoms with Gasteiger partial charge in [0, 0.05) is 6.42 Å². The Labute approximate surface area is 138 Å². The molecule has 2 nitrogen and oxygen atoms in total. The Morgan fingerprint density at radius 2 is 1.78 bits per heavy atom. The van der Waals surface area contributed by atoms with Crippen LogP contribution in [0.1, 0.15) is 37.8 Å². The number of carbonyl (C=O) groups is 1. The third-order valence-corrected chi connectivity index (χ3v) is 4.46. The quantitative estimate of drug-likeness (QED) is 0.783. The molecule has 0 spiro atoms. The molecule has 0 saturated heterocycles. The van der Waals surface area contributed by atoms with Crippen LogP contribution >= 0.6 is 0 Å². The molecule has 0 saturated carbocycles. The van der Waals surface area contributed by atoms with Gasteiger partial charge in [-0.3, -0.25) is 4.79 Å². The van der Waals surface area contributed by atoms with Gasteiger partial charge in [-0.2, -0.15) is 0 Å². The van der Waals surface area contributed by atoms with Crippen LogP contribution in [-0.4, -0.2) is 5.91 Å². The fraction of sp³-hybridized carbons (Fsp3) is 0.286. The van der Waals surface area contributed by atoms with Gasteiger partial charge in [0.05, 0.1) is 6.04 Å². The minimum absolute atomic E-state index is 0.0395. The van der Waals surface area contributed by atoms with Gasteiger partial charge in [0.15, 0.2) is 0 Å². The molecule has 2 heteroatoms. The number of amides is 1. The van der Waals surface area contributed by atoms with Crippen LogP contribution in [0.2, 0.25) is 0 Å². The molecule has 3 rings (SSSR count). The normalized spacial score (nSPS) is 17.9. The third-order valence-electron chi connectivity index (χ3n) is 4.46. The predicted octanol–water partition coefficient (Wildman–Crippen LogP) is 4.89. The summed E-state index contributed by atoms with van der Waals surface area (Å²) < 4.78 is 0. The first kappa shape index (κ1) is 15.5. The summed E-state index contributed by atoms with van der Waals surface area (Å²) in [7, 11) is 0. The molecule has 23 heavy (non-hydrogen) atoms. The van der Waals surface area contributed by atoms with E-state index in [9.17, 15) is 4.79 Å². The van der Waals surface area contributed by atoms with E-state index in [0.29, 0.717) is 12.3 Å². The highest BCUT2D eigenvalue weighted by molar-refractivity contribution is 5.77. The van der Waals surface area contributed by atoms with Crippen LogP contribution in [0.25, 0.3) is 11.1 Å². The number of allylic oxidation sites excluding steroid dienone is 2. The predicted molar refractivity (Wildman–Crippen MR) is 94.9 cm³/mol. The van der Waals surface area contributed by atoms with Gasteiger partial charge >= 0.3 is 0 Å². The van der Waals surface area contributed by atoms with E-state index in [0.717, 1.165) is 18.4 Å². The van der Waals surface area contributed by atoms with Gasteiger partial charge in [-0.25, -0.2) is 0 Å². The summed E-state index contributed by atoms with van der Waals surface area (Å²) in [6, 6.07) is 18.8. The second-order valence-electron chi connectivity index (χ2n) is 6.25. The highest BCUT2D eigenvalue weighted by Gasteiger charge is 2.16. The van der Waals surface area contributed by atoms with Crippen molar-refractivity contribution < 1.29 is 4.79 Å². The highest BCUT2D eigenvalue weighted by atomic mass is 16.1. The van der Waals surface area contributed by atoms with Gasteiger partial charge in [0.2, 0.25) is 5.91 Å². The number of benzene rings is 2. The van der Waals surface area contributed by atoms with Gasteiger partial charge in [-0.05, 0) is 42.4 Å². The lowest BCUT2D eigenvalue weighted by Crippen LogP contribution is -2.27. The molecule has 1 N–H and O–H groups in total. The molecule has 0 unspecified atom stereocenters. The van der Waals surface area contributed by atoms with Crippen molar-refractivity contribution in [2.75, 3.05) is 0 Å². The standard InChI is InChI=1S/C21H23NO/c1-16(22-21(23)15-17-7-5-6-8-17)18-11-13-20(14-12-18)19-9-3-2-4-10-19/h2-5,7,9-14,16-17H,6,8,15H2,1H3,(H,22,23)/t16-,17-/m0/s1. The summed E-state index contributed by atoms with van der Waals surface area (Å²) in [5.74, 6) is 0.559. The Kier molecular flexibility index (Phi) is 4.92. The van der Waals surface area contributed by atoms with E-state index in [1.54, 1.807) is 0 Å². The number of rotatable bonds is 5. The topological polar surface area (TPSA) is 29.1 Å². The zero-order valence-corrected chi connectivity index (χ0v) is 13.5. The Morgan fingerprint density at radius 1 is 1.09 bits per heavy atom. The van der Waals surface area contributed by atoms with Crippen molar-refractivity contribution >= 4 is 5.91 Å². The Bertz CT molecular complexity index is 673. The van der Waals surface area contributed by atoms with Crippen LogP contribution in [0.4, 0.5) is 0 Å². The van der Waals surface area contributed by atoms with Gasteiger partial charge < -0.3 is 5.32 Å². The molecular formula is C21H23NO. The molecule has 1 amide bonds. The molecule has 118 valence electrons.